The number of aromatic nitrogens is 2. The number of halogens is 4. The number of anilines is 1. The van der Waals surface area contributed by atoms with Crippen molar-refractivity contribution in [2.75, 3.05) is 5.32 Å². The summed E-state index contributed by atoms with van der Waals surface area (Å²) in [5, 5.41) is 8.61. The summed E-state index contributed by atoms with van der Waals surface area (Å²) in [7, 11) is 0. The molecule has 0 saturated carbocycles. The van der Waals surface area contributed by atoms with Crippen molar-refractivity contribution in [3.8, 4) is 0 Å². The number of nitrogens with one attached hydrogen (secondary N) is 1. The van der Waals surface area contributed by atoms with Crippen LogP contribution < -0.4 is 5.32 Å². The molecule has 0 aliphatic carbocycles. The number of carbonyl (C=O) groups excluding carboxylic acids is 1. The van der Waals surface area contributed by atoms with Crippen LogP contribution in [0.1, 0.15) is 15.9 Å². The van der Waals surface area contributed by atoms with E-state index in [1.807, 2.05) is 0 Å². The minimum Gasteiger partial charge on any atom is -0.305 e. The summed E-state index contributed by atoms with van der Waals surface area (Å²) in [6.07, 6.45) is 1.71. The van der Waals surface area contributed by atoms with Crippen LogP contribution in [-0.4, -0.2) is 15.7 Å². The molecular formula is C17H11Cl4N3O. The first kappa shape index (κ1) is 18.1. The van der Waals surface area contributed by atoms with Gasteiger partial charge in [-0.1, -0.05) is 58.5 Å². The lowest BCUT2D eigenvalue weighted by Gasteiger charge is -2.08. The van der Waals surface area contributed by atoms with Gasteiger partial charge < -0.3 is 5.32 Å². The number of benzene rings is 2. The van der Waals surface area contributed by atoms with E-state index in [0.29, 0.717) is 22.4 Å². The standard InChI is InChI=1S/C17H11Cl4N3O/c18-11-3-1-4-12(19)10(11)9-24-8-7-15(23-24)22-17(25)16-13(20)5-2-6-14(16)21/h1-8H,9H2,(H,22,23,25). The Balaban J connectivity index is 1.77. The molecule has 0 radical (unpaired) electrons. The third-order valence-electron chi connectivity index (χ3n) is 3.45. The zero-order valence-corrected chi connectivity index (χ0v) is 15.7. The fourth-order valence-electron chi connectivity index (χ4n) is 2.26. The summed E-state index contributed by atoms with van der Waals surface area (Å²) in [5.74, 6) is -0.0687. The zero-order chi connectivity index (χ0) is 18.0. The molecule has 1 amide bonds. The highest BCUT2D eigenvalue weighted by Gasteiger charge is 2.16. The summed E-state index contributed by atoms with van der Waals surface area (Å²) in [4.78, 5) is 12.4. The van der Waals surface area contributed by atoms with Crippen LogP contribution in [0.2, 0.25) is 20.1 Å². The molecule has 0 aliphatic rings. The van der Waals surface area contributed by atoms with Crippen LogP contribution in [0.25, 0.3) is 0 Å². The van der Waals surface area contributed by atoms with Crippen LogP contribution in [0.4, 0.5) is 5.82 Å². The Kier molecular flexibility index (Phi) is 5.54. The Morgan fingerprint density at radius 3 is 2.08 bits per heavy atom. The van der Waals surface area contributed by atoms with E-state index in [-0.39, 0.29) is 15.6 Å². The van der Waals surface area contributed by atoms with Gasteiger partial charge in [-0.15, -0.1) is 0 Å². The third kappa shape index (κ3) is 4.10. The van der Waals surface area contributed by atoms with Crippen molar-refractivity contribution in [1.82, 2.24) is 9.78 Å². The van der Waals surface area contributed by atoms with Crippen LogP contribution in [0, 0.1) is 0 Å². The Hall–Kier alpha value is -1.72. The third-order valence-corrected chi connectivity index (χ3v) is 4.79. The fraction of sp³-hybridized carbons (Fsp3) is 0.0588. The SMILES string of the molecule is O=C(Nc1ccn(Cc2c(Cl)cccc2Cl)n1)c1c(Cl)cccc1Cl. The molecule has 4 nitrogen and oxygen atoms in total. The molecule has 25 heavy (non-hydrogen) atoms. The lowest BCUT2D eigenvalue weighted by atomic mass is 10.2. The molecular weight excluding hydrogens is 404 g/mol. The predicted molar refractivity (Wildman–Crippen MR) is 102 cm³/mol. The van der Waals surface area contributed by atoms with E-state index in [4.69, 9.17) is 46.4 Å². The van der Waals surface area contributed by atoms with Crippen molar-refractivity contribution in [3.63, 3.8) is 0 Å². The lowest BCUT2D eigenvalue weighted by molar-refractivity contribution is 0.102. The van der Waals surface area contributed by atoms with Gasteiger partial charge in [-0.05, 0) is 24.3 Å². The molecule has 0 aliphatic heterocycles. The zero-order valence-electron chi connectivity index (χ0n) is 12.6. The maximum atomic E-state index is 12.4. The Bertz CT molecular complexity index is 899. The van der Waals surface area contributed by atoms with Gasteiger partial charge in [0.15, 0.2) is 5.82 Å². The summed E-state index contributed by atoms with van der Waals surface area (Å²) in [5.41, 5.74) is 0.954. The summed E-state index contributed by atoms with van der Waals surface area (Å²) >= 11 is 24.4. The molecule has 3 rings (SSSR count). The van der Waals surface area contributed by atoms with Gasteiger partial charge >= 0.3 is 0 Å². The van der Waals surface area contributed by atoms with E-state index in [1.165, 1.54) is 0 Å². The van der Waals surface area contributed by atoms with E-state index in [2.05, 4.69) is 10.4 Å². The van der Waals surface area contributed by atoms with Gasteiger partial charge in [0.25, 0.3) is 5.91 Å². The van der Waals surface area contributed by atoms with Crippen LogP contribution >= 0.6 is 46.4 Å². The number of rotatable bonds is 4. The maximum absolute atomic E-state index is 12.4. The highest BCUT2D eigenvalue weighted by Crippen LogP contribution is 2.26. The molecule has 0 saturated heterocycles. The quantitative estimate of drug-likeness (QED) is 0.586. The molecule has 1 N–H and O–H groups in total. The second-order valence-electron chi connectivity index (χ2n) is 5.15. The topological polar surface area (TPSA) is 46.9 Å². The number of hydrogen-bond donors (Lipinski definition) is 1. The Morgan fingerprint density at radius 1 is 0.920 bits per heavy atom. The highest BCUT2D eigenvalue weighted by molar-refractivity contribution is 6.40. The van der Waals surface area contributed by atoms with Crippen LogP contribution in [0.15, 0.2) is 48.7 Å². The Morgan fingerprint density at radius 2 is 1.48 bits per heavy atom. The minimum absolute atomic E-state index is 0.203. The molecule has 3 aromatic rings. The van der Waals surface area contributed by atoms with Crippen molar-refractivity contribution in [3.05, 3.63) is 79.9 Å². The summed E-state index contributed by atoms with van der Waals surface area (Å²) < 4.78 is 1.62. The van der Waals surface area contributed by atoms with Gasteiger partial charge in [0.2, 0.25) is 0 Å². The van der Waals surface area contributed by atoms with E-state index in [9.17, 15) is 4.79 Å². The smallest absolute Gasteiger partial charge is 0.259 e. The fourth-order valence-corrected chi connectivity index (χ4v) is 3.34. The van der Waals surface area contributed by atoms with Crippen molar-refractivity contribution < 1.29 is 4.79 Å². The second kappa shape index (κ2) is 7.67. The van der Waals surface area contributed by atoms with Gasteiger partial charge in [-0.2, -0.15) is 5.10 Å². The molecule has 0 bridgehead atoms. The molecule has 0 fully saturated rings. The van der Waals surface area contributed by atoms with Crippen molar-refractivity contribution in [2.24, 2.45) is 0 Å². The number of nitrogens with zero attached hydrogens (tertiary/aromatic N) is 2. The first-order chi connectivity index (χ1) is 12.0. The van der Waals surface area contributed by atoms with Crippen molar-refractivity contribution >= 4 is 58.1 Å². The number of carbonyl (C=O) groups is 1. The number of amides is 1. The molecule has 0 spiro atoms. The molecule has 128 valence electrons. The van der Waals surface area contributed by atoms with Crippen LogP contribution in [0.3, 0.4) is 0 Å². The monoisotopic (exact) mass is 413 g/mol. The van der Waals surface area contributed by atoms with E-state index in [0.717, 1.165) is 5.56 Å². The lowest BCUT2D eigenvalue weighted by Crippen LogP contribution is -2.14. The van der Waals surface area contributed by atoms with Crippen molar-refractivity contribution in [2.45, 2.75) is 6.54 Å². The van der Waals surface area contributed by atoms with Crippen molar-refractivity contribution in [1.29, 1.82) is 0 Å². The average Bonchev–Trinajstić information content (AvgIpc) is 2.98. The van der Waals surface area contributed by atoms with E-state index < -0.39 is 5.91 Å². The van der Waals surface area contributed by atoms with Gasteiger partial charge in [-0.3, -0.25) is 9.48 Å². The van der Waals surface area contributed by atoms with Gasteiger partial charge in [0.1, 0.15) is 0 Å². The van der Waals surface area contributed by atoms with Crippen LogP contribution in [0.5, 0.6) is 0 Å². The summed E-state index contributed by atoms with van der Waals surface area (Å²) in [6.45, 7) is 0.376. The summed E-state index contributed by atoms with van der Waals surface area (Å²) in [6, 6.07) is 11.8. The average molecular weight is 415 g/mol. The number of hydrogen-bond acceptors (Lipinski definition) is 2. The molecule has 1 aromatic heterocycles. The maximum Gasteiger partial charge on any atom is 0.259 e. The molecule has 0 unspecified atom stereocenters. The van der Waals surface area contributed by atoms with E-state index >= 15 is 0 Å². The highest BCUT2D eigenvalue weighted by atomic mass is 35.5. The molecule has 8 heteroatoms. The predicted octanol–water partition coefficient (Wildman–Crippen LogP) is 5.80. The van der Waals surface area contributed by atoms with Crippen LogP contribution in [-0.2, 0) is 6.54 Å². The first-order valence-electron chi connectivity index (χ1n) is 7.17. The normalized spacial score (nSPS) is 10.7. The van der Waals surface area contributed by atoms with E-state index in [1.54, 1.807) is 53.3 Å². The molecule has 1 heterocycles. The minimum atomic E-state index is -0.434. The Labute approximate surface area is 164 Å². The molecule has 2 aromatic carbocycles. The molecule has 0 atom stereocenters. The van der Waals surface area contributed by atoms with Gasteiger partial charge in [0.05, 0.1) is 22.2 Å². The second-order valence-corrected chi connectivity index (χ2v) is 6.78. The first-order valence-corrected chi connectivity index (χ1v) is 8.68. The van der Waals surface area contributed by atoms with Gasteiger partial charge in [-0.25, -0.2) is 0 Å². The largest absolute Gasteiger partial charge is 0.305 e. The van der Waals surface area contributed by atoms with Gasteiger partial charge in [0, 0.05) is 27.9 Å².